The minimum atomic E-state index is -0.324. The molecule has 1 heterocycles. The first-order valence-electron chi connectivity index (χ1n) is 5.50. The Bertz CT molecular complexity index is 496. The fourth-order valence-electron chi connectivity index (χ4n) is 1.80. The van der Waals surface area contributed by atoms with Crippen LogP contribution in [0.15, 0.2) is 42.6 Å². The number of aromatic nitrogens is 1. The van der Waals surface area contributed by atoms with Gasteiger partial charge in [-0.15, -0.1) is 0 Å². The lowest BCUT2D eigenvalue weighted by atomic mass is 10.2. The summed E-state index contributed by atoms with van der Waals surface area (Å²) in [6, 6.07) is 9.97. The van der Waals surface area contributed by atoms with E-state index in [1.807, 2.05) is 12.1 Å². The van der Waals surface area contributed by atoms with Crippen LogP contribution in [0.3, 0.4) is 0 Å². The Morgan fingerprint density at radius 1 is 1.24 bits per heavy atom. The van der Waals surface area contributed by atoms with Crippen molar-refractivity contribution in [2.24, 2.45) is 5.73 Å². The number of hydrogen-bond donors (Lipinski definition) is 2. The van der Waals surface area contributed by atoms with Gasteiger partial charge in [-0.05, 0) is 24.3 Å². The lowest BCUT2D eigenvalue weighted by Gasteiger charge is -2.12. The maximum atomic E-state index is 13.7. The molecule has 0 fully saturated rings. The molecular weight excluding hydrogens is 219 g/mol. The summed E-state index contributed by atoms with van der Waals surface area (Å²) >= 11 is 0. The van der Waals surface area contributed by atoms with Gasteiger partial charge in [0.1, 0.15) is 5.82 Å². The van der Waals surface area contributed by atoms with Crippen molar-refractivity contribution in [1.82, 2.24) is 4.57 Å². The monoisotopic (exact) mass is 234 g/mol. The van der Waals surface area contributed by atoms with Crippen LogP contribution in [0.4, 0.5) is 4.39 Å². The van der Waals surface area contributed by atoms with Gasteiger partial charge in [-0.25, -0.2) is 4.39 Å². The highest BCUT2D eigenvalue weighted by Gasteiger charge is 2.10. The lowest BCUT2D eigenvalue weighted by molar-refractivity contribution is 0.264. The predicted octanol–water partition coefficient (Wildman–Crippen LogP) is 1.48. The molecule has 3 N–H and O–H groups in total. The summed E-state index contributed by atoms with van der Waals surface area (Å²) in [7, 11) is 0. The van der Waals surface area contributed by atoms with Gasteiger partial charge in [0, 0.05) is 24.4 Å². The van der Waals surface area contributed by atoms with E-state index in [2.05, 4.69) is 0 Å². The Balaban J connectivity index is 2.34. The average molecular weight is 234 g/mol. The largest absolute Gasteiger partial charge is 0.395 e. The number of halogens is 1. The summed E-state index contributed by atoms with van der Waals surface area (Å²) in [4.78, 5) is 0. The van der Waals surface area contributed by atoms with Crippen LogP contribution in [-0.2, 0) is 6.42 Å². The fourth-order valence-corrected chi connectivity index (χ4v) is 1.80. The zero-order valence-electron chi connectivity index (χ0n) is 9.38. The zero-order valence-corrected chi connectivity index (χ0v) is 9.38. The molecule has 2 aromatic rings. The molecule has 1 unspecified atom stereocenters. The van der Waals surface area contributed by atoms with Crippen molar-refractivity contribution in [2.45, 2.75) is 12.5 Å². The number of aliphatic hydroxyl groups excluding tert-OH is 1. The van der Waals surface area contributed by atoms with Crippen molar-refractivity contribution in [3.8, 4) is 5.69 Å². The van der Waals surface area contributed by atoms with E-state index < -0.39 is 0 Å². The maximum Gasteiger partial charge on any atom is 0.147 e. The van der Waals surface area contributed by atoms with Gasteiger partial charge in [0.15, 0.2) is 0 Å². The van der Waals surface area contributed by atoms with E-state index in [0.717, 1.165) is 5.69 Å². The maximum absolute atomic E-state index is 13.7. The predicted molar refractivity (Wildman–Crippen MR) is 64.5 cm³/mol. The van der Waals surface area contributed by atoms with Crippen LogP contribution in [0, 0.1) is 5.82 Å². The van der Waals surface area contributed by atoms with Crippen LogP contribution < -0.4 is 5.73 Å². The lowest BCUT2D eigenvalue weighted by Crippen LogP contribution is -2.27. The van der Waals surface area contributed by atoms with Gasteiger partial charge in [-0.1, -0.05) is 12.1 Å². The van der Waals surface area contributed by atoms with E-state index >= 15 is 0 Å². The van der Waals surface area contributed by atoms with E-state index in [4.69, 9.17) is 10.8 Å². The van der Waals surface area contributed by atoms with Crippen LogP contribution >= 0.6 is 0 Å². The van der Waals surface area contributed by atoms with Crippen LogP contribution in [0.25, 0.3) is 5.69 Å². The molecule has 3 nitrogen and oxygen atoms in total. The summed E-state index contributed by atoms with van der Waals surface area (Å²) in [6.07, 6.45) is 2.30. The van der Waals surface area contributed by atoms with E-state index in [0.29, 0.717) is 12.1 Å². The summed E-state index contributed by atoms with van der Waals surface area (Å²) in [5.74, 6) is -0.275. The minimum Gasteiger partial charge on any atom is -0.395 e. The molecule has 0 aliphatic heterocycles. The zero-order chi connectivity index (χ0) is 12.3. The smallest absolute Gasteiger partial charge is 0.147 e. The van der Waals surface area contributed by atoms with Gasteiger partial charge < -0.3 is 15.4 Å². The molecule has 0 bridgehead atoms. The first-order valence-corrected chi connectivity index (χ1v) is 5.50. The highest BCUT2D eigenvalue weighted by atomic mass is 19.1. The van der Waals surface area contributed by atoms with Crippen molar-refractivity contribution in [2.75, 3.05) is 6.61 Å². The van der Waals surface area contributed by atoms with Crippen LogP contribution in [0.2, 0.25) is 0 Å². The van der Waals surface area contributed by atoms with Crippen LogP contribution in [-0.4, -0.2) is 22.3 Å². The first kappa shape index (κ1) is 11.8. The third-order valence-electron chi connectivity index (χ3n) is 2.65. The quantitative estimate of drug-likeness (QED) is 0.841. The molecule has 0 aliphatic carbocycles. The molecule has 1 aromatic heterocycles. The molecule has 0 spiro atoms. The Labute approximate surface area is 99.3 Å². The van der Waals surface area contributed by atoms with Crippen molar-refractivity contribution < 1.29 is 9.50 Å². The molecular formula is C13H15FN2O. The first-order chi connectivity index (χ1) is 8.22. The van der Waals surface area contributed by atoms with Gasteiger partial charge in [0.25, 0.3) is 0 Å². The summed E-state index contributed by atoms with van der Waals surface area (Å²) in [6.45, 7) is -0.0809. The van der Waals surface area contributed by atoms with Crippen molar-refractivity contribution in [3.05, 3.63) is 54.1 Å². The molecule has 0 aliphatic rings. The Kier molecular flexibility index (Phi) is 3.56. The number of benzene rings is 1. The number of para-hydroxylation sites is 1. The van der Waals surface area contributed by atoms with Crippen LogP contribution in [0.5, 0.6) is 0 Å². The third kappa shape index (κ3) is 2.54. The van der Waals surface area contributed by atoms with E-state index in [9.17, 15) is 4.39 Å². The van der Waals surface area contributed by atoms with E-state index in [1.165, 1.54) is 6.07 Å². The molecule has 1 atom stereocenters. The van der Waals surface area contributed by atoms with Gasteiger partial charge in [0.2, 0.25) is 0 Å². The molecule has 0 radical (unpaired) electrons. The van der Waals surface area contributed by atoms with Crippen LogP contribution in [0.1, 0.15) is 5.69 Å². The molecule has 0 saturated carbocycles. The van der Waals surface area contributed by atoms with Gasteiger partial charge in [-0.2, -0.15) is 0 Å². The Morgan fingerprint density at radius 2 is 2.00 bits per heavy atom. The normalized spacial score (nSPS) is 12.6. The van der Waals surface area contributed by atoms with Crippen molar-refractivity contribution >= 4 is 0 Å². The molecule has 4 heteroatoms. The van der Waals surface area contributed by atoms with Gasteiger partial charge in [0.05, 0.1) is 12.3 Å². The molecule has 2 rings (SSSR count). The molecule has 90 valence electrons. The van der Waals surface area contributed by atoms with Gasteiger partial charge >= 0.3 is 0 Å². The standard InChI is InChI=1S/C13H15FN2O/c14-12-5-1-2-6-13(12)16-7-3-4-11(16)8-10(15)9-17/h1-7,10,17H,8-9,15H2. The minimum absolute atomic E-state index is 0.0809. The average Bonchev–Trinajstić information content (AvgIpc) is 2.77. The number of nitrogens with zero attached hydrogens (tertiary/aromatic N) is 1. The number of aliphatic hydroxyl groups is 1. The number of rotatable bonds is 4. The van der Waals surface area contributed by atoms with Gasteiger partial charge in [-0.3, -0.25) is 0 Å². The molecule has 1 aromatic carbocycles. The Morgan fingerprint density at radius 3 is 2.71 bits per heavy atom. The third-order valence-corrected chi connectivity index (χ3v) is 2.65. The van der Waals surface area contributed by atoms with E-state index in [1.54, 1.807) is 29.0 Å². The van der Waals surface area contributed by atoms with Crippen molar-refractivity contribution in [3.63, 3.8) is 0 Å². The molecule has 0 amide bonds. The second kappa shape index (κ2) is 5.12. The topological polar surface area (TPSA) is 51.2 Å². The second-order valence-corrected chi connectivity index (χ2v) is 3.97. The fraction of sp³-hybridized carbons (Fsp3) is 0.231. The highest BCUT2D eigenvalue weighted by molar-refractivity contribution is 5.36. The number of nitrogens with two attached hydrogens (primary N) is 1. The van der Waals surface area contributed by atoms with Crippen molar-refractivity contribution in [1.29, 1.82) is 0 Å². The Hall–Kier alpha value is -1.65. The molecule has 0 saturated heterocycles. The van der Waals surface area contributed by atoms with E-state index in [-0.39, 0.29) is 18.5 Å². The second-order valence-electron chi connectivity index (χ2n) is 3.97. The summed E-state index contributed by atoms with van der Waals surface area (Å²) in [5, 5.41) is 8.94. The summed E-state index contributed by atoms with van der Waals surface area (Å²) < 4.78 is 15.4. The SMILES string of the molecule is NC(CO)Cc1cccn1-c1ccccc1F. The molecule has 17 heavy (non-hydrogen) atoms. The summed E-state index contributed by atoms with van der Waals surface area (Å²) in [5.41, 5.74) is 7.08. The number of hydrogen-bond acceptors (Lipinski definition) is 2. The highest BCUT2D eigenvalue weighted by Crippen LogP contribution is 2.17.